The van der Waals surface area contributed by atoms with Crippen LogP contribution < -0.4 is 5.73 Å². The number of aryl methyl sites for hydroxylation is 1. The monoisotopic (exact) mass is 207 g/mol. The van der Waals surface area contributed by atoms with Crippen LogP contribution in [-0.2, 0) is 0 Å². The van der Waals surface area contributed by atoms with Crippen LogP contribution in [0.3, 0.4) is 0 Å². The largest absolute Gasteiger partial charge is 0.394 e. The Morgan fingerprint density at radius 3 is 2.47 bits per heavy atom. The minimum absolute atomic E-state index is 0.196. The molecule has 0 aliphatic rings. The van der Waals surface area contributed by atoms with Crippen molar-refractivity contribution in [3.63, 3.8) is 0 Å². The zero-order valence-corrected chi connectivity index (χ0v) is 9.37. The van der Waals surface area contributed by atoms with Gasteiger partial charge in [0.05, 0.1) is 12.6 Å². The smallest absolute Gasteiger partial charge is 0.182 e. The van der Waals surface area contributed by atoms with Crippen molar-refractivity contribution < 1.29 is 9.90 Å². The summed E-state index contributed by atoms with van der Waals surface area (Å²) in [6.45, 7) is 5.57. The molecule has 0 radical (unpaired) electrons. The van der Waals surface area contributed by atoms with E-state index in [0.717, 1.165) is 16.7 Å². The number of rotatable bonds is 3. The Morgan fingerprint density at radius 2 is 1.93 bits per heavy atom. The van der Waals surface area contributed by atoms with Gasteiger partial charge in [0.25, 0.3) is 0 Å². The van der Waals surface area contributed by atoms with Gasteiger partial charge in [-0.25, -0.2) is 0 Å². The van der Waals surface area contributed by atoms with Gasteiger partial charge in [-0.05, 0) is 37.5 Å². The van der Waals surface area contributed by atoms with Gasteiger partial charge in [-0.2, -0.15) is 0 Å². The number of carbonyl (C=O) groups is 1. The Bertz CT molecular complexity index is 385. The Labute approximate surface area is 89.9 Å². The van der Waals surface area contributed by atoms with Crippen molar-refractivity contribution in [2.45, 2.75) is 26.8 Å². The highest BCUT2D eigenvalue weighted by Crippen LogP contribution is 2.18. The van der Waals surface area contributed by atoms with Gasteiger partial charge in [0.1, 0.15) is 0 Å². The van der Waals surface area contributed by atoms with Gasteiger partial charge in [0.2, 0.25) is 0 Å². The fourth-order valence-corrected chi connectivity index (χ4v) is 1.51. The van der Waals surface area contributed by atoms with Gasteiger partial charge >= 0.3 is 0 Å². The average molecular weight is 207 g/mol. The highest BCUT2D eigenvalue weighted by molar-refractivity contribution is 6.01. The van der Waals surface area contributed by atoms with E-state index >= 15 is 0 Å². The van der Waals surface area contributed by atoms with Crippen LogP contribution in [0.5, 0.6) is 0 Å². The predicted octanol–water partition coefficient (Wildman–Crippen LogP) is 1.11. The molecular weight excluding hydrogens is 190 g/mol. The van der Waals surface area contributed by atoms with Crippen LogP contribution in [0.25, 0.3) is 0 Å². The molecule has 0 bridgehead atoms. The van der Waals surface area contributed by atoms with Gasteiger partial charge in [0, 0.05) is 5.56 Å². The summed E-state index contributed by atoms with van der Waals surface area (Å²) in [5.74, 6) is -0.196. The van der Waals surface area contributed by atoms with E-state index in [1.165, 1.54) is 0 Å². The second-order valence-corrected chi connectivity index (χ2v) is 3.83. The molecule has 1 atom stereocenters. The van der Waals surface area contributed by atoms with Crippen molar-refractivity contribution in [2.24, 2.45) is 5.73 Å². The molecule has 0 saturated heterocycles. The van der Waals surface area contributed by atoms with Crippen molar-refractivity contribution in [1.29, 1.82) is 0 Å². The molecule has 0 aliphatic heterocycles. The quantitative estimate of drug-likeness (QED) is 0.730. The summed E-state index contributed by atoms with van der Waals surface area (Å²) in [6.07, 6.45) is 0. The highest BCUT2D eigenvalue weighted by Gasteiger charge is 2.17. The molecule has 82 valence electrons. The van der Waals surface area contributed by atoms with E-state index in [0.29, 0.717) is 5.56 Å². The first-order valence-corrected chi connectivity index (χ1v) is 4.96. The number of ketones is 1. The van der Waals surface area contributed by atoms with Crippen molar-refractivity contribution in [2.75, 3.05) is 6.61 Å². The van der Waals surface area contributed by atoms with E-state index < -0.39 is 6.04 Å². The minimum Gasteiger partial charge on any atom is -0.394 e. The standard InChI is InChI=1S/C12H17NO2/c1-7-4-5-10(9(3)8(7)2)12(15)11(13)6-14/h4-5,11,14H,6,13H2,1-3H3. The first-order chi connectivity index (χ1) is 6.99. The Balaban J connectivity index is 3.16. The Kier molecular flexibility index (Phi) is 3.61. The molecule has 1 rings (SSSR count). The van der Waals surface area contributed by atoms with E-state index in [9.17, 15) is 4.79 Å². The third-order valence-corrected chi connectivity index (χ3v) is 2.86. The molecule has 1 unspecified atom stereocenters. The molecule has 0 fully saturated rings. The summed E-state index contributed by atoms with van der Waals surface area (Å²) in [5.41, 5.74) is 9.32. The summed E-state index contributed by atoms with van der Waals surface area (Å²) in [6, 6.07) is 2.86. The fourth-order valence-electron chi connectivity index (χ4n) is 1.51. The van der Waals surface area contributed by atoms with Crippen LogP contribution >= 0.6 is 0 Å². The number of benzene rings is 1. The van der Waals surface area contributed by atoms with Gasteiger partial charge in [-0.15, -0.1) is 0 Å². The fraction of sp³-hybridized carbons (Fsp3) is 0.417. The lowest BCUT2D eigenvalue weighted by Gasteiger charge is -2.13. The molecule has 3 heteroatoms. The molecule has 3 N–H and O–H groups in total. The van der Waals surface area contributed by atoms with Gasteiger partial charge in [0.15, 0.2) is 5.78 Å². The molecule has 0 spiro atoms. The molecular formula is C12H17NO2. The highest BCUT2D eigenvalue weighted by atomic mass is 16.3. The number of Topliss-reactive ketones (excluding diaryl/α,β-unsaturated/α-hetero) is 1. The lowest BCUT2D eigenvalue weighted by atomic mass is 9.94. The molecule has 0 amide bonds. The van der Waals surface area contributed by atoms with Crippen LogP contribution in [0.2, 0.25) is 0 Å². The maximum Gasteiger partial charge on any atom is 0.182 e. The van der Waals surface area contributed by atoms with E-state index in [1.807, 2.05) is 26.8 Å². The molecule has 15 heavy (non-hydrogen) atoms. The SMILES string of the molecule is Cc1ccc(C(=O)C(N)CO)c(C)c1C. The summed E-state index contributed by atoms with van der Waals surface area (Å²) >= 11 is 0. The van der Waals surface area contributed by atoms with Crippen LogP contribution in [0.1, 0.15) is 27.0 Å². The molecule has 1 aromatic rings. The van der Waals surface area contributed by atoms with Gasteiger partial charge in [-0.3, -0.25) is 4.79 Å². The zero-order valence-electron chi connectivity index (χ0n) is 9.37. The Hall–Kier alpha value is -1.19. The number of hydrogen-bond acceptors (Lipinski definition) is 3. The van der Waals surface area contributed by atoms with Crippen molar-refractivity contribution in [3.8, 4) is 0 Å². The number of hydrogen-bond donors (Lipinski definition) is 2. The maximum absolute atomic E-state index is 11.8. The predicted molar refractivity (Wildman–Crippen MR) is 60.0 cm³/mol. The third kappa shape index (κ3) is 2.25. The Morgan fingerprint density at radius 1 is 1.33 bits per heavy atom. The first kappa shape index (κ1) is 11.9. The molecule has 0 heterocycles. The van der Waals surface area contributed by atoms with E-state index in [2.05, 4.69) is 0 Å². The lowest BCUT2D eigenvalue weighted by molar-refractivity contribution is 0.0924. The number of nitrogens with two attached hydrogens (primary N) is 1. The van der Waals surface area contributed by atoms with E-state index in [4.69, 9.17) is 10.8 Å². The van der Waals surface area contributed by atoms with Crippen LogP contribution in [-0.4, -0.2) is 23.5 Å². The van der Waals surface area contributed by atoms with Crippen molar-refractivity contribution in [3.05, 3.63) is 34.4 Å². The van der Waals surface area contributed by atoms with Crippen molar-refractivity contribution >= 4 is 5.78 Å². The lowest BCUT2D eigenvalue weighted by Crippen LogP contribution is -2.34. The third-order valence-electron chi connectivity index (χ3n) is 2.86. The topological polar surface area (TPSA) is 63.3 Å². The molecule has 0 saturated carbocycles. The second-order valence-electron chi connectivity index (χ2n) is 3.83. The minimum atomic E-state index is -0.814. The van der Waals surface area contributed by atoms with Crippen molar-refractivity contribution in [1.82, 2.24) is 0 Å². The number of aliphatic hydroxyl groups excluding tert-OH is 1. The molecule has 0 aromatic heterocycles. The van der Waals surface area contributed by atoms with Crippen LogP contribution in [0.15, 0.2) is 12.1 Å². The van der Waals surface area contributed by atoms with Crippen LogP contribution in [0.4, 0.5) is 0 Å². The number of carbonyl (C=O) groups excluding carboxylic acids is 1. The van der Waals surface area contributed by atoms with E-state index in [-0.39, 0.29) is 12.4 Å². The molecule has 1 aromatic carbocycles. The molecule has 3 nitrogen and oxygen atoms in total. The van der Waals surface area contributed by atoms with Gasteiger partial charge in [-0.1, -0.05) is 12.1 Å². The summed E-state index contributed by atoms with van der Waals surface area (Å²) < 4.78 is 0. The van der Waals surface area contributed by atoms with E-state index in [1.54, 1.807) is 6.07 Å². The zero-order chi connectivity index (χ0) is 11.6. The summed E-state index contributed by atoms with van der Waals surface area (Å²) in [5, 5.41) is 8.84. The summed E-state index contributed by atoms with van der Waals surface area (Å²) in [7, 11) is 0. The second kappa shape index (κ2) is 4.55. The summed E-state index contributed by atoms with van der Waals surface area (Å²) in [4.78, 5) is 11.8. The van der Waals surface area contributed by atoms with Crippen LogP contribution in [0, 0.1) is 20.8 Å². The number of aliphatic hydroxyl groups is 1. The van der Waals surface area contributed by atoms with Gasteiger partial charge < -0.3 is 10.8 Å². The average Bonchev–Trinajstić information content (AvgIpc) is 2.24. The maximum atomic E-state index is 11.8. The normalized spacial score (nSPS) is 12.6. The molecule has 0 aliphatic carbocycles. The first-order valence-electron chi connectivity index (χ1n) is 4.96.